The SMILES string of the molecule is COC(=O)C(N)CCOc1ccc(OC)cc1. The van der Waals surface area contributed by atoms with Crippen LogP contribution in [0.4, 0.5) is 0 Å². The third-order valence-corrected chi connectivity index (χ3v) is 2.26. The highest BCUT2D eigenvalue weighted by atomic mass is 16.5. The fourth-order valence-corrected chi connectivity index (χ4v) is 1.24. The van der Waals surface area contributed by atoms with Gasteiger partial charge in [-0.2, -0.15) is 0 Å². The average molecular weight is 239 g/mol. The molecule has 0 bridgehead atoms. The minimum Gasteiger partial charge on any atom is -0.497 e. The lowest BCUT2D eigenvalue weighted by atomic mass is 10.2. The Morgan fingerprint density at radius 3 is 2.35 bits per heavy atom. The molecule has 17 heavy (non-hydrogen) atoms. The number of methoxy groups -OCH3 is 2. The number of carbonyl (C=O) groups excluding carboxylic acids is 1. The molecule has 0 radical (unpaired) electrons. The summed E-state index contributed by atoms with van der Waals surface area (Å²) in [4.78, 5) is 11.0. The number of carbonyl (C=O) groups is 1. The lowest BCUT2D eigenvalue weighted by Crippen LogP contribution is -2.33. The van der Waals surface area contributed by atoms with Crippen LogP contribution in [-0.4, -0.2) is 32.8 Å². The summed E-state index contributed by atoms with van der Waals surface area (Å²) in [5, 5.41) is 0. The van der Waals surface area contributed by atoms with Gasteiger partial charge in [-0.1, -0.05) is 0 Å². The van der Waals surface area contributed by atoms with Crippen LogP contribution in [0.2, 0.25) is 0 Å². The van der Waals surface area contributed by atoms with Crippen molar-refractivity contribution in [2.75, 3.05) is 20.8 Å². The van der Waals surface area contributed by atoms with E-state index in [9.17, 15) is 4.79 Å². The maximum atomic E-state index is 11.0. The number of benzene rings is 1. The topological polar surface area (TPSA) is 70.8 Å². The van der Waals surface area contributed by atoms with Gasteiger partial charge in [0.05, 0.1) is 20.8 Å². The second-order valence-corrected chi connectivity index (χ2v) is 3.44. The molecule has 0 aliphatic carbocycles. The highest BCUT2D eigenvalue weighted by Gasteiger charge is 2.13. The summed E-state index contributed by atoms with van der Waals surface area (Å²) in [6.07, 6.45) is 0.415. The minimum atomic E-state index is -0.641. The minimum absolute atomic E-state index is 0.364. The van der Waals surface area contributed by atoms with Crippen molar-refractivity contribution in [1.29, 1.82) is 0 Å². The van der Waals surface area contributed by atoms with E-state index in [1.54, 1.807) is 31.4 Å². The Morgan fingerprint density at radius 2 is 1.82 bits per heavy atom. The van der Waals surface area contributed by atoms with Crippen molar-refractivity contribution in [2.24, 2.45) is 5.73 Å². The molecule has 0 heterocycles. The van der Waals surface area contributed by atoms with Gasteiger partial charge in [0.25, 0.3) is 0 Å². The number of ether oxygens (including phenoxy) is 3. The lowest BCUT2D eigenvalue weighted by Gasteiger charge is -2.10. The number of esters is 1. The fraction of sp³-hybridized carbons (Fsp3) is 0.417. The van der Waals surface area contributed by atoms with E-state index in [1.807, 2.05) is 0 Å². The molecule has 0 amide bonds. The first kappa shape index (κ1) is 13.3. The summed E-state index contributed by atoms with van der Waals surface area (Å²) in [6.45, 7) is 0.364. The fourth-order valence-electron chi connectivity index (χ4n) is 1.24. The van der Waals surface area contributed by atoms with Crippen molar-refractivity contribution in [2.45, 2.75) is 12.5 Å². The molecule has 0 aliphatic rings. The predicted octanol–water partition coefficient (Wildman–Crippen LogP) is 0.964. The Balaban J connectivity index is 2.33. The number of rotatable bonds is 6. The Hall–Kier alpha value is -1.75. The van der Waals surface area contributed by atoms with Crippen LogP contribution >= 0.6 is 0 Å². The zero-order chi connectivity index (χ0) is 12.7. The van der Waals surface area contributed by atoms with Crippen LogP contribution < -0.4 is 15.2 Å². The van der Waals surface area contributed by atoms with Crippen LogP contribution in [0.3, 0.4) is 0 Å². The molecule has 1 rings (SSSR count). The maximum Gasteiger partial charge on any atom is 0.322 e. The second kappa shape index (κ2) is 6.75. The molecule has 0 saturated heterocycles. The molecule has 5 nitrogen and oxygen atoms in total. The van der Waals surface area contributed by atoms with E-state index in [4.69, 9.17) is 15.2 Å². The second-order valence-electron chi connectivity index (χ2n) is 3.44. The number of hydrogen-bond donors (Lipinski definition) is 1. The van der Waals surface area contributed by atoms with Crippen LogP contribution in [0.25, 0.3) is 0 Å². The molecular formula is C12H17NO4. The van der Waals surface area contributed by atoms with Gasteiger partial charge in [-0.15, -0.1) is 0 Å². The van der Waals surface area contributed by atoms with Crippen LogP contribution in [0.15, 0.2) is 24.3 Å². The number of nitrogens with two attached hydrogens (primary N) is 1. The summed E-state index contributed by atoms with van der Waals surface area (Å²) in [5.74, 6) is 1.05. The molecular weight excluding hydrogens is 222 g/mol. The number of hydrogen-bond acceptors (Lipinski definition) is 5. The molecule has 0 aromatic heterocycles. The highest BCUT2D eigenvalue weighted by Crippen LogP contribution is 2.17. The van der Waals surface area contributed by atoms with E-state index < -0.39 is 12.0 Å². The molecule has 1 aromatic rings. The first-order chi connectivity index (χ1) is 8.17. The van der Waals surface area contributed by atoms with Gasteiger partial charge in [-0.05, 0) is 24.3 Å². The molecule has 0 spiro atoms. The summed E-state index contributed by atoms with van der Waals surface area (Å²) in [7, 11) is 2.91. The molecule has 94 valence electrons. The largest absolute Gasteiger partial charge is 0.497 e. The Bertz CT molecular complexity index is 350. The maximum absolute atomic E-state index is 11.0. The van der Waals surface area contributed by atoms with Crippen molar-refractivity contribution in [1.82, 2.24) is 0 Å². The van der Waals surface area contributed by atoms with E-state index in [2.05, 4.69) is 4.74 Å². The van der Waals surface area contributed by atoms with Gasteiger partial charge in [0.15, 0.2) is 0 Å². The van der Waals surface area contributed by atoms with Crippen molar-refractivity contribution in [3.63, 3.8) is 0 Å². The monoisotopic (exact) mass is 239 g/mol. The molecule has 2 N–H and O–H groups in total. The van der Waals surface area contributed by atoms with E-state index in [0.29, 0.717) is 18.8 Å². The van der Waals surface area contributed by atoms with E-state index in [-0.39, 0.29) is 0 Å². The highest BCUT2D eigenvalue weighted by molar-refractivity contribution is 5.75. The third-order valence-electron chi connectivity index (χ3n) is 2.26. The van der Waals surface area contributed by atoms with Crippen LogP contribution in [0.5, 0.6) is 11.5 Å². The normalized spacial score (nSPS) is 11.7. The summed E-state index contributed by atoms with van der Waals surface area (Å²) in [5.41, 5.74) is 5.56. The molecule has 0 aliphatic heterocycles. The standard InChI is InChI=1S/C12H17NO4/c1-15-9-3-5-10(6-4-9)17-8-7-11(13)12(14)16-2/h3-6,11H,7-8,13H2,1-2H3. The lowest BCUT2D eigenvalue weighted by molar-refractivity contribution is -0.142. The van der Waals surface area contributed by atoms with Crippen LogP contribution in [0.1, 0.15) is 6.42 Å². The Labute approximate surface area is 100 Å². The zero-order valence-electron chi connectivity index (χ0n) is 10.0. The first-order valence-electron chi connectivity index (χ1n) is 5.27. The first-order valence-corrected chi connectivity index (χ1v) is 5.27. The zero-order valence-corrected chi connectivity index (χ0v) is 10.0. The molecule has 0 saturated carbocycles. The third kappa shape index (κ3) is 4.32. The predicted molar refractivity (Wildman–Crippen MR) is 63.1 cm³/mol. The van der Waals surface area contributed by atoms with E-state index >= 15 is 0 Å². The van der Waals surface area contributed by atoms with Crippen LogP contribution in [0, 0.1) is 0 Å². The van der Waals surface area contributed by atoms with Crippen LogP contribution in [-0.2, 0) is 9.53 Å². The molecule has 0 fully saturated rings. The van der Waals surface area contributed by atoms with E-state index in [1.165, 1.54) is 7.11 Å². The average Bonchev–Trinajstić information content (AvgIpc) is 2.38. The van der Waals surface area contributed by atoms with Gasteiger partial charge in [-0.25, -0.2) is 0 Å². The van der Waals surface area contributed by atoms with Gasteiger partial charge in [0.1, 0.15) is 17.5 Å². The molecule has 1 unspecified atom stereocenters. The van der Waals surface area contributed by atoms with E-state index in [0.717, 1.165) is 5.75 Å². The van der Waals surface area contributed by atoms with Crippen molar-refractivity contribution in [3.8, 4) is 11.5 Å². The van der Waals surface area contributed by atoms with Gasteiger partial charge in [-0.3, -0.25) is 4.79 Å². The molecule has 1 aromatic carbocycles. The Kier molecular flexibility index (Phi) is 5.29. The summed E-state index contributed by atoms with van der Waals surface area (Å²) < 4.78 is 15.0. The quantitative estimate of drug-likeness (QED) is 0.749. The summed E-state index contributed by atoms with van der Waals surface area (Å²) in [6, 6.07) is 6.55. The van der Waals surface area contributed by atoms with Gasteiger partial charge in [0.2, 0.25) is 0 Å². The van der Waals surface area contributed by atoms with Crippen molar-refractivity contribution in [3.05, 3.63) is 24.3 Å². The molecule has 5 heteroatoms. The van der Waals surface area contributed by atoms with Gasteiger partial charge in [0, 0.05) is 6.42 Å². The van der Waals surface area contributed by atoms with Crippen molar-refractivity contribution >= 4 is 5.97 Å². The summed E-state index contributed by atoms with van der Waals surface area (Å²) >= 11 is 0. The Morgan fingerprint density at radius 1 is 1.24 bits per heavy atom. The molecule has 1 atom stereocenters. The van der Waals surface area contributed by atoms with Gasteiger partial charge >= 0.3 is 5.97 Å². The van der Waals surface area contributed by atoms with Crippen molar-refractivity contribution < 1.29 is 19.0 Å². The smallest absolute Gasteiger partial charge is 0.322 e. The van der Waals surface area contributed by atoms with Gasteiger partial charge < -0.3 is 19.9 Å².